The Morgan fingerprint density at radius 3 is 2.53 bits per heavy atom. The number of aromatic nitrogens is 2. The summed E-state index contributed by atoms with van der Waals surface area (Å²) in [6.45, 7) is 1.92. The average Bonchev–Trinajstić information content (AvgIpc) is 2.75. The summed E-state index contributed by atoms with van der Waals surface area (Å²) in [7, 11) is 0. The molecule has 3 rings (SSSR count). The molecular weight excluding hydrogens is 382 g/mol. The summed E-state index contributed by atoms with van der Waals surface area (Å²) < 4.78 is 0. The highest BCUT2D eigenvalue weighted by molar-refractivity contribution is 5.87. The van der Waals surface area contributed by atoms with Gasteiger partial charge in [0, 0.05) is 24.8 Å². The molecule has 0 saturated heterocycles. The molecule has 1 heterocycles. The number of rotatable bonds is 8. The molecule has 1 unspecified atom stereocenters. The highest BCUT2D eigenvalue weighted by atomic mass is 16.2. The highest BCUT2D eigenvalue weighted by Crippen LogP contribution is 2.19. The van der Waals surface area contributed by atoms with Gasteiger partial charge in [0.2, 0.25) is 5.95 Å². The van der Waals surface area contributed by atoms with E-state index in [2.05, 4.69) is 25.9 Å². The highest BCUT2D eigenvalue weighted by Gasteiger charge is 2.26. The predicted octanol–water partition coefficient (Wildman–Crippen LogP) is 1.27. The first kappa shape index (κ1) is 21.9. The van der Waals surface area contributed by atoms with Crippen molar-refractivity contribution in [3.8, 4) is 11.1 Å². The second kappa shape index (κ2) is 10.9. The van der Waals surface area contributed by atoms with Gasteiger partial charge in [-0.3, -0.25) is 15.1 Å². The third-order valence-electron chi connectivity index (χ3n) is 5.40. The Balaban J connectivity index is 1.60. The molecule has 1 fully saturated rings. The number of hydrogen-bond donors (Lipinski definition) is 6. The number of hydrogen-bond acceptors (Lipinski definition) is 6. The molecule has 0 spiro atoms. The van der Waals surface area contributed by atoms with E-state index in [1.807, 2.05) is 24.3 Å². The summed E-state index contributed by atoms with van der Waals surface area (Å²) in [5, 5.41) is 9.12. The van der Waals surface area contributed by atoms with Crippen LogP contribution in [0.15, 0.2) is 35.3 Å². The van der Waals surface area contributed by atoms with Crippen LogP contribution in [0.5, 0.6) is 0 Å². The number of H-pyrrole nitrogens is 1. The van der Waals surface area contributed by atoms with Crippen LogP contribution in [-0.4, -0.2) is 41.2 Å². The molecule has 0 bridgehead atoms. The molecule has 1 aromatic carbocycles. The van der Waals surface area contributed by atoms with Crippen molar-refractivity contribution in [1.29, 1.82) is 0 Å². The molecule has 1 aliphatic carbocycles. The number of amides is 2. The van der Waals surface area contributed by atoms with Gasteiger partial charge in [-0.05, 0) is 43.5 Å². The van der Waals surface area contributed by atoms with Gasteiger partial charge in [-0.15, -0.1) is 0 Å². The van der Waals surface area contributed by atoms with Crippen molar-refractivity contribution in [2.45, 2.75) is 50.7 Å². The topological polar surface area (TPSA) is 151 Å². The molecule has 30 heavy (non-hydrogen) atoms. The zero-order chi connectivity index (χ0) is 21.3. The van der Waals surface area contributed by atoms with Crippen molar-refractivity contribution in [2.75, 3.05) is 18.4 Å². The van der Waals surface area contributed by atoms with Gasteiger partial charge in [-0.1, -0.05) is 37.1 Å². The van der Waals surface area contributed by atoms with Gasteiger partial charge in [0.15, 0.2) is 0 Å². The second-order valence-electron chi connectivity index (χ2n) is 7.57. The van der Waals surface area contributed by atoms with Crippen molar-refractivity contribution in [2.24, 2.45) is 11.5 Å². The van der Waals surface area contributed by atoms with E-state index in [4.69, 9.17) is 11.5 Å². The minimum absolute atomic E-state index is 0.0311. The van der Waals surface area contributed by atoms with E-state index in [0.29, 0.717) is 18.7 Å². The van der Waals surface area contributed by atoms with Crippen molar-refractivity contribution in [3.63, 3.8) is 0 Å². The van der Waals surface area contributed by atoms with Crippen LogP contribution in [0.3, 0.4) is 0 Å². The summed E-state index contributed by atoms with van der Waals surface area (Å²) in [6.07, 6.45) is 6.51. The fourth-order valence-electron chi connectivity index (χ4n) is 3.73. The SMILES string of the molecule is NCCCN[C@@H]1CCCCC1NC(=O)Nc1ncc(-c2ccc(CN)cc2)c(=O)[nH]1. The third kappa shape index (κ3) is 5.88. The van der Waals surface area contributed by atoms with E-state index in [0.717, 1.165) is 49.8 Å². The lowest BCUT2D eigenvalue weighted by Gasteiger charge is -2.33. The number of urea groups is 1. The fourth-order valence-corrected chi connectivity index (χ4v) is 3.73. The Hall–Kier alpha value is -2.75. The molecule has 162 valence electrons. The molecular formula is C21H31N7O2. The minimum atomic E-state index is -0.379. The predicted molar refractivity (Wildman–Crippen MR) is 118 cm³/mol. The zero-order valence-electron chi connectivity index (χ0n) is 17.1. The summed E-state index contributed by atoms with van der Waals surface area (Å²) in [5.74, 6) is 0.114. The Morgan fingerprint density at radius 2 is 1.87 bits per heavy atom. The monoisotopic (exact) mass is 413 g/mol. The van der Waals surface area contributed by atoms with Gasteiger partial charge in [0.1, 0.15) is 0 Å². The van der Waals surface area contributed by atoms with Crippen LogP contribution in [0.25, 0.3) is 11.1 Å². The second-order valence-corrected chi connectivity index (χ2v) is 7.57. The first-order chi connectivity index (χ1) is 14.6. The normalized spacial score (nSPS) is 18.7. The third-order valence-corrected chi connectivity index (χ3v) is 5.40. The van der Waals surface area contributed by atoms with E-state index in [1.165, 1.54) is 6.20 Å². The molecule has 8 N–H and O–H groups in total. The summed E-state index contributed by atoms with van der Waals surface area (Å²) in [6, 6.07) is 7.28. The summed E-state index contributed by atoms with van der Waals surface area (Å²) in [5.41, 5.74) is 13.0. The smallest absolute Gasteiger partial charge is 0.321 e. The van der Waals surface area contributed by atoms with Gasteiger partial charge in [0.05, 0.1) is 5.56 Å². The summed E-state index contributed by atoms with van der Waals surface area (Å²) >= 11 is 0. The first-order valence-electron chi connectivity index (χ1n) is 10.5. The van der Waals surface area contributed by atoms with Crippen LogP contribution in [0.1, 0.15) is 37.7 Å². The maximum atomic E-state index is 12.5. The Labute approximate surface area is 176 Å². The molecule has 1 aliphatic rings. The van der Waals surface area contributed by atoms with Crippen molar-refractivity contribution < 1.29 is 4.79 Å². The standard InChI is InChI=1S/C21H31N7O2/c22-10-3-11-24-17-4-1-2-5-18(17)26-21(30)28-20-25-13-16(19(29)27-20)15-8-6-14(12-23)7-9-15/h6-9,13,17-18,24H,1-5,10-12,22-23H2,(H3,25,26,27,28,29,30)/t17-,18?/m1/s1. The number of aromatic amines is 1. The molecule has 1 saturated carbocycles. The average molecular weight is 414 g/mol. The number of nitrogens with zero attached hydrogens (tertiary/aromatic N) is 1. The van der Waals surface area contributed by atoms with Crippen LogP contribution in [0.2, 0.25) is 0 Å². The van der Waals surface area contributed by atoms with E-state index in [9.17, 15) is 9.59 Å². The van der Waals surface area contributed by atoms with E-state index < -0.39 is 0 Å². The molecule has 0 aliphatic heterocycles. The molecule has 2 atom stereocenters. The van der Waals surface area contributed by atoms with Crippen LogP contribution >= 0.6 is 0 Å². The zero-order valence-corrected chi connectivity index (χ0v) is 17.1. The number of anilines is 1. The summed E-state index contributed by atoms with van der Waals surface area (Å²) in [4.78, 5) is 31.7. The molecule has 0 radical (unpaired) electrons. The molecule has 1 aromatic heterocycles. The molecule has 9 heteroatoms. The quantitative estimate of drug-likeness (QED) is 0.359. The van der Waals surface area contributed by atoms with Gasteiger partial charge in [-0.25, -0.2) is 9.78 Å². The number of benzene rings is 1. The lowest BCUT2D eigenvalue weighted by Crippen LogP contribution is -2.53. The minimum Gasteiger partial charge on any atom is -0.333 e. The number of carbonyl (C=O) groups is 1. The van der Waals surface area contributed by atoms with Crippen molar-refractivity contribution >= 4 is 12.0 Å². The first-order valence-corrected chi connectivity index (χ1v) is 10.5. The fraction of sp³-hybridized carbons (Fsp3) is 0.476. The van der Waals surface area contributed by atoms with Crippen molar-refractivity contribution in [1.82, 2.24) is 20.6 Å². The Kier molecular flexibility index (Phi) is 7.95. The van der Waals surface area contributed by atoms with Gasteiger partial charge in [0.25, 0.3) is 5.56 Å². The van der Waals surface area contributed by atoms with Crippen LogP contribution < -0.4 is 33.0 Å². The van der Waals surface area contributed by atoms with E-state index in [-0.39, 0.29) is 29.6 Å². The Bertz CT molecular complexity index is 882. The van der Waals surface area contributed by atoms with E-state index in [1.54, 1.807) is 0 Å². The van der Waals surface area contributed by atoms with Gasteiger partial charge >= 0.3 is 6.03 Å². The maximum absolute atomic E-state index is 12.5. The molecule has 2 aromatic rings. The molecule has 9 nitrogen and oxygen atoms in total. The van der Waals surface area contributed by atoms with E-state index >= 15 is 0 Å². The van der Waals surface area contributed by atoms with Gasteiger partial charge in [-0.2, -0.15) is 0 Å². The number of nitrogens with one attached hydrogen (secondary N) is 4. The van der Waals surface area contributed by atoms with Crippen LogP contribution in [0.4, 0.5) is 10.7 Å². The maximum Gasteiger partial charge on any atom is 0.321 e. The lowest BCUT2D eigenvalue weighted by molar-refractivity contribution is 0.234. The van der Waals surface area contributed by atoms with Crippen molar-refractivity contribution in [3.05, 3.63) is 46.4 Å². The number of nitrogens with two attached hydrogens (primary N) is 2. The lowest BCUT2D eigenvalue weighted by atomic mass is 9.90. The van der Waals surface area contributed by atoms with Crippen LogP contribution in [-0.2, 0) is 6.54 Å². The Morgan fingerprint density at radius 1 is 1.13 bits per heavy atom. The largest absolute Gasteiger partial charge is 0.333 e. The number of carbonyl (C=O) groups excluding carboxylic acids is 1. The van der Waals surface area contributed by atoms with Crippen LogP contribution in [0, 0.1) is 0 Å². The van der Waals surface area contributed by atoms with Gasteiger partial charge < -0.3 is 22.1 Å². The molecule has 2 amide bonds.